The van der Waals surface area contributed by atoms with Gasteiger partial charge in [0.1, 0.15) is 16.5 Å². The van der Waals surface area contributed by atoms with Crippen molar-refractivity contribution in [3.63, 3.8) is 0 Å². The Labute approximate surface area is 129 Å². The van der Waals surface area contributed by atoms with Gasteiger partial charge in [-0.1, -0.05) is 0 Å². The second kappa shape index (κ2) is 5.68. The van der Waals surface area contributed by atoms with Gasteiger partial charge >= 0.3 is 0 Å². The first kappa shape index (κ1) is 15.0. The average molecular weight is 321 g/mol. The Bertz CT molecular complexity index is 771. The molecule has 1 fully saturated rings. The van der Waals surface area contributed by atoms with Gasteiger partial charge in [0.05, 0.1) is 17.9 Å². The van der Waals surface area contributed by atoms with Crippen molar-refractivity contribution in [3.05, 3.63) is 30.0 Å². The molecule has 0 aromatic carbocycles. The molecule has 118 valence electrons. The molecule has 7 nitrogen and oxygen atoms in total. The summed E-state index contributed by atoms with van der Waals surface area (Å²) in [5.41, 5.74) is 0.651. The van der Waals surface area contributed by atoms with Crippen molar-refractivity contribution < 1.29 is 8.42 Å². The van der Waals surface area contributed by atoms with Crippen LogP contribution in [0.5, 0.6) is 0 Å². The smallest absolute Gasteiger partial charge is 0.178 e. The van der Waals surface area contributed by atoms with Crippen molar-refractivity contribution in [3.8, 4) is 0 Å². The van der Waals surface area contributed by atoms with Gasteiger partial charge in [-0.3, -0.25) is 5.10 Å². The highest BCUT2D eigenvalue weighted by Gasteiger charge is 2.30. The number of aromatic amines is 1. The molecule has 2 aromatic heterocycles. The van der Waals surface area contributed by atoms with Crippen molar-refractivity contribution in [1.29, 1.82) is 0 Å². The second-order valence-electron chi connectivity index (χ2n) is 5.59. The van der Waals surface area contributed by atoms with Crippen LogP contribution in [-0.4, -0.2) is 41.4 Å². The fourth-order valence-corrected chi connectivity index (χ4v) is 3.75. The van der Waals surface area contributed by atoms with Gasteiger partial charge in [-0.15, -0.1) is 0 Å². The third-order valence-electron chi connectivity index (χ3n) is 3.92. The lowest BCUT2D eigenvalue weighted by Crippen LogP contribution is -2.35. The zero-order valence-corrected chi connectivity index (χ0v) is 13.5. The van der Waals surface area contributed by atoms with Crippen LogP contribution in [0.15, 0.2) is 23.4 Å². The number of aromatic nitrogens is 4. The maximum absolute atomic E-state index is 12.0. The van der Waals surface area contributed by atoms with E-state index in [-0.39, 0.29) is 10.9 Å². The number of sulfone groups is 1. The third-order valence-corrected chi connectivity index (χ3v) is 5.05. The number of nitrogens with zero attached hydrogens (tertiary/aromatic N) is 4. The molecule has 0 aliphatic carbocycles. The van der Waals surface area contributed by atoms with E-state index in [4.69, 9.17) is 0 Å². The highest BCUT2D eigenvalue weighted by Crippen LogP contribution is 2.35. The predicted molar refractivity (Wildman–Crippen MR) is 82.4 cm³/mol. The number of nitrogens with one attached hydrogen (secondary N) is 1. The molecule has 1 N–H and O–H groups in total. The summed E-state index contributed by atoms with van der Waals surface area (Å²) in [5, 5.41) is 6.83. The first-order valence-corrected chi connectivity index (χ1v) is 9.15. The van der Waals surface area contributed by atoms with Gasteiger partial charge in [-0.25, -0.2) is 18.4 Å². The molecule has 1 aliphatic rings. The largest absolute Gasteiger partial charge is 0.348 e. The number of piperidine rings is 1. The van der Waals surface area contributed by atoms with Crippen LogP contribution < -0.4 is 4.90 Å². The molecule has 2 aromatic rings. The minimum absolute atomic E-state index is 0.0599. The van der Waals surface area contributed by atoms with Crippen LogP contribution in [0.4, 0.5) is 5.82 Å². The highest BCUT2D eigenvalue weighted by molar-refractivity contribution is 7.90. The third kappa shape index (κ3) is 2.83. The predicted octanol–water partition coefficient (Wildman–Crippen LogP) is 1.64. The zero-order valence-electron chi connectivity index (χ0n) is 12.7. The van der Waals surface area contributed by atoms with E-state index in [2.05, 4.69) is 25.1 Å². The van der Waals surface area contributed by atoms with Gasteiger partial charge in [0.2, 0.25) is 0 Å². The van der Waals surface area contributed by atoms with Gasteiger partial charge in [0.15, 0.2) is 9.84 Å². The maximum Gasteiger partial charge on any atom is 0.178 e. The molecule has 0 amide bonds. The highest BCUT2D eigenvalue weighted by atomic mass is 32.2. The summed E-state index contributed by atoms with van der Waals surface area (Å²) < 4.78 is 23.9. The lowest BCUT2D eigenvalue weighted by Gasteiger charge is -2.36. The van der Waals surface area contributed by atoms with Crippen LogP contribution >= 0.6 is 0 Å². The molecule has 22 heavy (non-hydrogen) atoms. The summed E-state index contributed by atoms with van der Waals surface area (Å²) in [6.45, 7) is 2.68. The SMILES string of the molecule is Cc1nccc(N2CCCCC2c2[nH]ncc2S(C)(=O)=O)n1. The summed E-state index contributed by atoms with van der Waals surface area (Å²) in [4.78, 5) is 11.0. The molecule has 1 unspecified atom stereocenters. The Balaban J connectivity index is 2.03. The van der Waals surface area contributed by atoms with Crippen LogP contribution in [0.3, 0.4) is 0 Å². The van der Waals surface area contributed by atoms with Gasteiger partial charge < -0.3 is 4.90 Å². The van der Waals surface area contributed by atoms with Crippen molar-refractivity contribution in [1.82, 2.24) is 20.2 Å². The van der Waals surface area contributed by atoms with E-state index in [0.29, 0.717) is 11.5 Å². The first-order valence-electron chi connectivity index (χ1n) is 7.26. The van der Waals surface area contributed by atoms with Crippen LogP contribution in [0.1, 0.15) is 36.8 Å². The fraction of sp³-hybridized carbons (Fsp3) is 0.500. The second-order valence-corrected chi connectivity index (χ2v) is 7.57. The summed E-state index contributed by atoms with van der Waals surface area (Å²) in [7, 11) is -3.31. The van der Waals surface area contributed by atoms with Crippen LogP contribution in [0.25, 0.3) is 0 Å². The summed E-state index contributed by atoms with van der Waals surface area (Å²) in [5.74, 6) is 1.53. The number of H-pyrrole nitrogens is 1. The Morgan fingerprint density at radius 1 is 1.36 bits per heavy atom. The lowest BCUT2D eigenvalue weighted by atomic mass is 9.99. The van der Waals surface area contributed by atoms with Gasteiger partial charge in [0.25, 0.3) is 0 Å². The van der Waals surface area contributed by atoms with Crippen molar-refractivity contribution in [2.75, 3.05) is 17.7 Å². The number of hydrogen-bond acceptors (Lipinski definition) is 6. The molecular weight excluding hydrogens is 302 g/mol. The van der Waals surface area contributed by atoms with E-state index in [9.17, 15) is 8.42 Å². The van der Waals surface area contributed by atoms with Crippen molar-refractivity contribution in [2.24, 2.45) is 0 Å². The summed E-state index contributed by atoms with van der Waals surface area (Å²) >= 11 is 0. The molecule has 1 saturated heterocycles. The summed E-state index contributed by atoms with van der Waals surface area (Å²) in [6.07, 6.45) is 7.31. The fourth-order valence-electron chi connectivity index (χ4n) is 2.93. The average Bonchev–Trinajstić information content (AvgIpc) is 2.97. The molecule has 0 spiro atoms. The minimum Gasteiger partial charge on any atom is -0.348 e. The Morgan fingerprint density at radius 3 is 2.91 bits per heavy atom. The Hall–Kier alpha value is -1.96. The standard InChI is InChI=1S/C14H19N5O2S/c1-10-15-7-6-13(17-10)19-8-4-3-5-11(19)14-12(9-16-18-14)22(2,20)21/h6-7,9,11H,3-5,8H2,1-2H3,(H,16,18). The molecule has 0 bridgehead atoms. The van der Waals surface area contributed by atoms with Crippen molar-refractivity contribution in [2.45, 2.75) is 37.1 Å². The van der Waals surface area contributed by atoms with E-state index < -0.39 is 9.84 Å². The monoisotopic (exact) mass is 321 g/mol. The van der Waals surface area contributed by atoms with Crippen molar-refractivity contribution >= 4 is 15.7 Å². The molecule has 0 saturated carbocycles. The lowest BCUT2D eigenvalue weighted by molar-refractivity contribution is 0.455. The number of rotatable bonds is 3. The number of aryl methyl sites for hydroxylation is 1. The Kier molecular flexibility index (Phi) is 3.86. The van der Waals surface area contributed by atoms with Crippen LogP contribution in [0.2, 0.25) is 0 Å². The Morgan fingerprint density at radius 2 is 2.18 bits per heavy atom. The van der Waals surface area contributed by atoms with Crippen LogP contribution in [-0.2, 0) is 9.84 Å². The molecule has 3 rings (SSSR count). The van der Waals surface area contributed by atoms with Gasteiger partial charge in [-0.2, -0.15) is 5.10 Å². The van der Waals surface area contributed by atoms with E-state index >= 15 is 0 Å². The van der Waals surface area contributed by atoms with E-state index in [1.807, 2.05) is 13.0 Å². The van der Waals surface area contributed by atoms with E-state index in [1.54, 1.807) is 6.20 Å². The number of hydrogen-bond donors (Lipinski definition) is 1. The number of anilines is 1. The van der Waals surface area contributed by atoms with Crippen LogP contribution in [0, 0.1) is 6.92 Å². The van der Waals surface area contributed by atoms with Gasteiger partial charge in [0, 0.05) is 19.0 Å². The van der Waals surface area contributed by atoms with Gasteiger partial charge in [-0.05, 0) is 32.3 Å². The molecular formula is C14H19N5O2S. The maximum atomic E-state index is 12.0. The quantitative estimate of drug-likeness (QED) is 0.924. The summed E-state index contributed by atoms with van der Waals surface area (Å²) in [6, 6.07) is 1.80. The topological polar surface area (TPSA) is 91.8 Å². The first-order chi connectivity index (χ1) is 10.5. The normalized spacial score (nSPS) is 19.4. The molecule has 3 heterocycles. The zero-order chi connectivity index (χ0) is 15.7. The molecule has 0 radical (unpaired) electrons. The van der Waals surface area contributed by atoms with E-state index in [1.165, 1.54) is 12.5 Å². The minimum atomic E-state index is -3.31. The molecule has 8 heteroatoms. The molecule has 1 atom stereocenters. The van der Waals surface area contributed by atoms with E-state index in [0.717, 1.165) is 31.6 Å². The molecule has 1 aliphatic heterocycles.